The highest BCUT2D eigenvalue weighted by atomic mass is 16.6. The Bertz CT molecular complexity index is 853. The van der Waals surface area contributed by atoms with Crippen molar-refractivity contribution in [2.24, 2.45) is 5.73 Å². The molecule has 0 aliphatic rings. The zero-order valence-corrected chi connectivity index (χ0v) is 14.4. The zero-order valence-electron chi connectivity index (χ0n) is 14.4. The van der Waals surface area contributed by atoms with Gasteiger partial charge in [-0.25, -0.2) is 0 Å². The summed E-state index contributed by atoms with van der Waals surface area (Å²) < 4.78 is 5.53. The van der Waals surface area contributed by atoms with Crippen molar-refractivity contribution in [3.63, 3.8) is 0 Å². The molecule has 0 amide bonds. The lowest BCUT2D eigenvalue weighted by Crippen LogP contribution is -2.29. The largest absolute Gasteiger partial charge is 0.512 e. The van der Waals surface area contributed by atoms with E-state index < -0.39 is 5.60 Å². The van der Waals surface area contributed by atoms with Gasteiger partial charge in [-0.2, -0.15) is 0 Å². The smallest absolute Gasteiger partial charge is 0.306 e. The van der Waals surface area contributed by atoms with Crippen LogP contribution in [-0.2, 0) is 9.53 Å². The van der Waals surface area contributed by atoms with Crippen LogP contribution >= 0.6 is 0 Å². The fraction of sp³-hybridized carbons (Fsp3) is 0.368. The molecule has 1 heterocycles. The molecule has 0 aliphatic carbocycles. The van der Waals surface area contributed by atoms with E-state index in [-0.39, 0.29) is 11.7 Å². The van der Waals surface area contributed by atoms with Crippen molar-refractivity contribution in [1.29, 1.82) is 0 Å². The van der Waals surface area contributed by atoms with Gasteiger partial charge in [0.05, 0.1) is 11.1 Å². The molecular weight excluding hydrogens is 304 g/mol. The Labute approximate surface area is 141 Å². The predicted molar refractivity (Wildman–Crippen MR) is 95.6 cm³/mol. The molecule has 0 unspecified atom stereocenters. The molecule has 1 aromatic carbocycles. The molecule has 24 heavy (non-hydrogen) atoms. The number of benzene rings is 1. The number of fused-ring (bicyclic) bond motifs is 1. The van der Waals surface area contributed by atoms with Crippen LogP contribution in [-0.4, -0.2) is 28.2 Å². The number of esters is 1. The lowest BCUT2D eigenvalue weighted by atomic mass is 10.0. The number of hydrogen-bond acceptors (Lipinski definition) is 5. The summed E-state index contributed by atoms with van der Waals surface area (Å²) in [5.74, 6) is -0.0557. The molecule has 5 nitrogen and oxygen atoms in total. The van der Waals surface area contributed by atoms with Crippen LogP contribution < -0.4 is 16.3 Å². The number of aliphatic hydroxyl groups is 1. The minimum absolute atomic E-state index is 0.220. The molecular formula is C19H24N2O3. The number of hydrogen-bond donors (Lipinski definition) is 2. The number of carbonyl (C=O) groups excluding carboxylic acids is 1. The van der Waals surface area contributed by atoms with Crippen LogP contribution in [0.5, 0.6) is 0 Å². The first-order valence-corrected chi connectivity index (χ1v) is 8.02. The van der Waals surface area contributed by atoms with E-state index in [1.165, 1.54) is 0 Å². The summed E-state index contributed by atoms with van der Waals surface area (Å²) in [5.41, 5.74) is 4.63. The summed E-state index contributed by atoms with van der Waals surface area (Å²) >= 11 is 0. The Morgan fingerprint density at radius 3 is 2.62 bits per heavy atom. The van der Waals surface area contributed by atoms with Gasteiger partial charge >= 0.3 is 5.97 Å². The lowest BCUT2D eigenvalue weighted by molar-refractivity contribution is -0.151. The molecule has 2 rings (SSSR count). The second kappa shape index (κ2) is 7.45. The number of nitrogens with zero attached hydrogens (tertiary/aromatic N) is 1. The maximum Gasteiger partial charge on any atom is 0.306 e. The van der Waals surface area contributed by atoms with Gasteiger partial charge in [0, 0.05) is 23.2 Å². The number of pyridine rings is 1. The molecule has 0 aliphatic heterocycles. The topological polar surface area (TPSA) is 85.4 Å². The molecule has 3 N–H and O–H groups in total. The second-order valence-corrected chi connectivity index (χ2v) is 6.30. The van der Waals surface area contributed by atoms with Gasteiger partial charge in [-0.05, 0) is 45.2 Å². The molecule has 128 valence electrons. The van der Waals surface area contributed by atoms with Gasteiger partial charge in [-0.3, -0.25) is 9.78 Å². The second-order valence-electron chi connectivity index (χ2n) is 6.30. The molecule has 0 radical (unpaired) electrons. The lowest BCUT2D eigenvalue weighted by Gasteiger charge is -2.21. The Balaban J connectivity index is 2.49. The van der Waals surface area contributed by atoms with Crippen LogP contribution in [0.4, 0.5) is 0 Å². The maximum atomic E-state index is 11.9. The highest BCUT2D eigenvalue weighted by Gasteiger charge is 2.20. The average molecular weight is 328 g/mol. The van der Waals surface area contributed by atoms with Crippen LogP contribution in [0.3, 0.4) is 0 Å². The number of carbonyl (C=O) groups is 1. The molecule has 0 saturated carbocycles. The number of ether oxygens (including phenoxy) is 1. The number of aromatic nitrogens is 1. The Hall–Kier alpha value is -2.40. The van der Waals surface area contributed by atoms with Crippen LogP contribution in [0.25, 0.3) is 22.6 Å². The van der Waals surface area contributed by atoms with E-state index in [0.29, 0.717) is 30.0 Å². The molecule has 5 heteroatoms. The third-order valence-corrected chi connectivity index (χ3v) is 3.66. The zero-order chi connectivity index (χ0) is 17.7. The minimum atomic E-state index is -0.791. The standard InChI is InChI=1S/C19H24N2O3/c1-13(22)16-12-21-17(15-8-5-4-7-14(15)16)11-19(2,3)24-18(23)9-6-10-20/h4-5,7-8,11-12,22H,6,9-10,20H2,1-3H3/b16-13?,17-11+. The van der Waals surface area contributed by atoms with E-state index in [1.807, 2.05) is 44.2 Å². The molecule has 2 aromatic rings. The first kappa shape index (κ1) is 17.9. The van der Waals surface area contributed by atoms with Crippen molar-refractivity contribution in [3.05, 3.63) is 41.0 Å². The van der Waals surface area contributed by atoms with E-state index in [9.17, 15) is 9.90 Å². The highest BCUT2D eigenvalue weighted by molar-refractivity contribution is 5.84. The van der Waals surface area contributed by atoms with Gasteiger partial charge in [0.2, 0.25) is 0 Å². The molecule has 0 spiro atoms. The summed E-state index contributed by atoms with van der Waals surface area (Å²) in [6.45, 7) is 5.74. The number of rotatable bonds is 5. The van der Waals surface area contributed by atoms with E-state index in [0.717, 1.165) is 10.8 Å². The van der Waals surface area contributed by atoms with Gasteiger partial charge in [-0.15, -0.1) is 0 Å². The Morgan fingerprint density at radius 2 is 2.00 bits per heavy atom. The molecule has 0 fully saturated rings. The summed E-state index contributed by atoms with van der Waals surface area (Å²) in [5, 5.41) is 13.0. The van der Waals surface area contributed by atoms with Gasteiger partial charge < -0.3 is 15.6 Å². The number of aliphatic hydroxyl groups excluding tert-OH is 1. The van der Waals surface area contributed by atoms with Crippen LogP contribution in [0.2, 0.25) is 0 Å². The van der Waals surface area contributed by atoms with Crippen molar-refractivity contribution in [1.82, 2.24) is 4.98 Å². The predicted octanol–water partition coefficient (Wildman–Crippen LogP) is 1.76. The van der Waals surface area contributed by atoms with Crippen molar-refractivity contribution in [2.75, 3.05) is 6.54 Å². The summed E-state index contributed by atoms with van der Waals surface area (Å²) in [6, 6.07) is 7.70. The van der Waals surface area contributed by atoms with E-state index in [2.05, 4.69) is 4.98 Å². The SMILES string of the molecule is CC(O)=c1cn/c(=C/C(C)(C)OC(=O)CCCN)c2ccccc12. The summed E-state index contributed by atoms with van der Waals surface area (Å²) in [4.78, 5) is 16.3. The maximum absolute atomic E-state index is 11.9. The van der Waals surface area contributed by atoms with Crippen molar-refractivity contribution >= 4 is 28.6 Å². The fourth-order valence-electron chi connectivity index (χ4n) is 2.57. The quantitative estimate of drug-likeness (QED) is 0.817. The van der Waals surface area contributed by atoms with Crippen LogP contribution in [0.1, 0.15) is 33.6 Å². The normalized spacial score (nSPS) is 13.9. The van der Waals surface area contributed by atoms with Gasteiger partial charge in [0.15, 0.2) is 0 Å². The Morgan fingerprint density at radius 1 is 1.33 bits per heavy atom. The van der Waals surface area contributed by atoms with Crippen molar-refractivity contribution in [2.45, 2.75) is 39.2 Å². The third kappa shape index (κ3) is 4.32. The first-order valence-electron chi connectivity index (χ1n) is 8.02. The molecule has 1 aromatic heterocycles. The molecule has 0 bridgehead atoms. The van der Waals surface area contributed by atoms with E-state index in [4.69, 9.17) is 10.5 Å². The van der Waals surface area contributed by atoms with Gasteiger partial charge in [0.1, 0.15) is 5.60 Å². The Kier molecular flexibility index (Phi) is 5.57. The van der Waals surface area contributed by atoms with E-state index >= 15 is 0 Å². The molecule has 0 saturated heterocycles. The van der Waals surface area contributed by atoms with Crippen LogP contribution in [0.15, 0.2) is 30.5 Å². The first-order chi connectivity index (χ1) is 11.3. The van der Waals surface area contributed by atoms with Crippen LogP contribution in [0, 0.1) is 0 Å². The molecule has 0 atom stereocenters. The summed E-state index contributed by atoms with van der Waals surface area (Å²) in [7, 11) is 0. The number of nitrogens with two attached hydrogens (primary N) is 1. The van der Waals surface area contributed by atoms with Crippen molar-refractivity contribution in [3.8, 4) is 0 Å². The highest BCUT2D eigenvalue weighted by Crippen LogP contribution is 2.14. The van der Waals surface area contributed by atoms with Gasteiger partial charge in [-0.1, -0.05) is 24.3 Å². The fourth-order valence-corrected chi connectivity index (χ4v) is 2.57. The van der Waals surface area contributed by atoms with E-state index in [1.54, 1.807) is 13.1 Å². The monoisotopic (exact) mass is 328 g/mol. The van der Waals surface area contributed by atoms with Crippen molar-refractivity contribution < 1.29 is 14.6 Å². The summed E-state index contributed by atoms with van der Waals surface area (Å²) in [6.07, 6.45) is 4.37. The minimum Gasteiger partial charge on any atom is -0.512 e. The van der Waals surface area contributed by atoms with Gasteiger partial charge in [0.25, 0.3) is 0 Å². The third-order valence-electron chi connectivity index (χ3n) is 3.66. The average Bonchev–Trinajstić information content (AvgIpc) is 2.52.